The molecule has 0 saturated carbocycles. The molecular formula is C23H25IN2O3S. The van der Waals surface area contributed by atoms with Gasteiger partial charge in [-0.1, -0.05) is 24.6 Å². The van der Waals surface area contributed by atoms with Gasteiger partial charge < -0.3 is 9.84 Å². The number of aromatic hydroxyl groups is 1. The number of carbonyl (C=O) groups excluding carboxylic acids is 1. The summed E-state index contributed by atoms with van der Waals surface area (Å²) in [4.78, 5) is 20.3. The largest absolute Gasteiger partial charge is 0.504 e. The highest BCUT2D eigenvalue weighted by atomic mass is 127. The second-order valence-corrected chi connectivity index (χ2v) is 9.23. The standard InChI is InChI=1S/C23H25IN2O3S/c1-5-15(4)26-22(28)20(30-23(26)25-17-9-7-14(3)8-10-17)13-16-11-18(24)21(27)19(12-16)29-6-2/h7-13,15,27H,5-6H2,1-4H3/b20-13+,25-23?/t15-/m0/s1. The molecule has 1 heterocycles. The molecule has 1 saturated heterocycles. The highest BCUT2D eigenvalue weighted by molar-refractivity contribution is 14.1. The number of aryl methyl sites for hydroxylation is 1. The van der Waals surface area contributed by atoms with Crippen molar-refractivity contribution in [3.8, 4) is 11.5 Å². The SMILES string of the molecule is CCOc1cc(/C=C2/SC(=Nc3ccc(C)cc3)N([C@@H](C)CC)C2=O)cc(I)c1O. The molecule has 1 N–H and O–H groups in total. The summed E-state index contributed by atoms with van der Waals surface area (Å²) in [6.45, 7) is 8.44. The second-order valence-electron chi connectivity index (χ2n) is 7.06. The van der Waals surface area contributed by atoms with Crippen molar-refractivity contribution in [1.82, 2.24) is 4.90 Å². The second kappa shape index (κ2) is 9.87. The third kappa shape index (κ3) is 5.00. The maximum absolute atomic E-state index is 13.2. The minimum absolute atomic E-state index is 0.0408. The molecule has 2 aromatic carbocycles. The molecule has 0 unspecified atom stereocenters. The number of hydrogen-bond donors (Lipinski definition) is 1. The first kappa shape index (κ1) is 22.7. The lowest BCUT2D eigenvalue weighted by Gasteiger charge is -2.22. The molecule has 3 rings (SSSR count). The van der Waals surface area contributed by atoms with E-state index in [4.69, 9.17) is 9.73 Å². The highest BCUT2D eigenvalue weighted by Gasteiger charge is 2.36. The van der Waals surface area contributed by atoms with Crippen molar-refractivity contribution in [3.63, 3.8) is 0 Å². The number of nitrogens with zero attached hydrogens (tertiary/aromatic N) is 2. The zero-order valence-corrected chi connectivity index (χ0v) is 20.5. The van der Waals surface area contributed by atoms with Gasteiger partial charge in [0.1, 0.15) is 0 Å². The molecule has 0 radical (unpaired) electrons. The van der Waals surface area contributed by atoms with Crippen LogP contribution in [0.5, 0.6) is 11.5 Å². The maximum Gasteiger partial charge on any atom is 0.266 e. The van der Waals surface area contributed by atoms with E-state index >= 15 is 0 Å². The Labute approximate surface area is 195 Å². The van der Waals surface area contributed by atoms with Crippen LogP contribution in [-0.4, -0.2) is 33.7 Å². The molecule has 158 valence electrons. The summed E-state index contributed by atoms with van der Waals surface area (Å²) in [6, 6.07) is 11.6. The fourth-order valence-corrected chi connectivity index (χ4v) is 4.67. The molecule has 1 aliphatic rings. The van der Waals surface area contributed by atoms with Gasteiger partial charge in [0.15, 0.2) is 16.7 Å². The molecule has 7 heteroatoms. The summed E-state index contributed by atoms with van der Waals surface area (Å²) < 4.78 is 6.20. The number of ether oxygens (including phenoxy) is 1. The number of hydrogen-bond acceptors (Lipinski definition) is 5. The Morgan fingerprint density at radius 1 is 1.27 bits per heavy atom. The predicted molar refractivity (Wildman–Crippen MR) is 132 cm³/mol. The van der Waals surface area contributed by atoms with Crippen molar-refractivity contribution >= 4 is 57.2 Å². The van der Waals surface area contributed by atoms with E-state index in [1.807, 2.05) is 57.2 Å². The Morgan fingerprint density at radius 3 is 2.60 bits per heavy atom. The molecule has 1 atom stereocenters. The molecule has 0 aromatic heterocycles. The summed E-state index contributed by atoms with van der Waals surface area (Å²) in [5.41, 5.74) is 2.79. The lowest BCUT2D eigenvalue weighted by atomic mass is 10.1. The molecule has 0 spiro atoms. The summed E-state index contributed by atoms with van der Waals surface area (Å²) in [6.07, 6.45) is 2.67. The summed E-state index contributed by atoms with van der Waals surface area (Å²) in [5, 5.41) is 10.9. The van der Waals surface area contributed by atoms with Crippen LogP contribution in [0.2, 0.25) is 0 Å². The van der Waals surface area contributed by atoms with Gasteiger partial charge >= 0.3 is 0 Å². The van der Waals surface area contributed by atoms with Crippen LogP contribution in [0.25, 0.3) is 6.08 Å². The summed E-state index contributed by atoms with van der Waals surface area (Å²) >= 11 is 3.44. The number of rotatable bonds is 6. The van der Waals surface area contributed by atoms with Crippen LogP contribution in [0.1, 0.15) is 38.3 Å². The van der Waals surface area contributed by atoms with Crippen LogP contribution in [0.4, 0.5) is 5.69 Å². The Balaban J connectivity index is 2.00. The van der Waals surface area contributed by atoms with Gasteiger partial charge in [0.05, 0.1) is 20.8 Å². The molecule has 5 nitrogen and oxygen atoms in total. The zero-order chi connectivity index (χ0) is 21.8. The summed E-state index contributed by atoms with van der Waals surface area (Å²) in [5.74, 6) is 0.480. The van der Waals surface area contributed by atoms with Gasteiger partial charge in [0.25, 0.3) is 5.91 Å². The van der Waals surface area contributed by atoms with E-state index in [-0.39, 0.29) is 17.7 Å². The first-order valence-corrected chi connectivity index (χ1v) is 11.8. The van der Waals surface area contributed by atoms with E-state index in [2.05, 4.69) is 29.5 Å². The van der Waals surface area contributed by atoms with Gasteiger partial charge in [0, 0.05) is 6.04 Å². The quantitative estimate of drug-likeness (QED) is 0.358. The van der Waals surface area contributed by atoms with Crippen LogP contribution in [0.15, 0.2) is 46.3 Å². The van der Waals surface area contributed by atoms with E-state index in [0.717, 1.165) is 17.7 Å². The lowest BCUT2D eigenvalue weighted by Crippen LogP contribution is -2.36. The van der Waals surface area contributed by atoms with Gasteiger partial charge in [-0.15, -0.1) is 0 Å². The van der Waals surface area contributed by atoms with Crippen molar-refractivity contribution in [2.45, 2.75) is 40.2 Å². The predicted octanol–water partition coefficient (Wildman–Crippen LogP) is 6.11. The topological polar surface area (TPSA) is 62.1 Å². The number of phenolic OH excluding ortho intramolecular Hbond substituents is 1. The highest BCUT2D eigenvalue weighted by Crippen LogP contribution is 2.38. The molecule has 1 aliphatic heterocycles. The number of thioether (sulfide) groups is 1. The van der Waals surface area contributed by atoms with Gasteiger partial charge in [-0.3, -0.25) is 9.69 Å². The number of amides is 1. The third-order valence-electron chi connectivity index (χ3n) is 4.78. The van der Waals surface area contributed by atoms with Crippen LogP contribution >= 0.6 is 34.4 Å². The number of amidine groups is 1. The maximum atomic E-state index is 13.2. The van der Waals surface area contributed by atoms with Crippen LogP contribution in [-0.2, 0) is 4.79 Å². The molecule has 0 bridgehead atoms. The first-order chi connectivity index (χ1) is 14.3. The fraction of sp³-hybridized carbons (Fsp3) is 0.304. The zero-order valence-electron chi connectivity index (χ0n) is 17.5. The molecular weight excluding hydrogens is 511 g/mol. The van der Waals surface area contributed by atoms with E-state index in [1.54, 1.807) is 11.0 Å². The van der Waals surface area contributed by atoms with Gasteiger partial charge in [-0.05, 0) is 97.4 Å². The monoisotopic (exact) mass is 536 g/mol. The minimum Gasteiger partial charge on any atom is -0.504 e. The van der Waals surface area contributed by atoms with Crippen LogP contribution in [0.3, 0.4) is 0 Å². The number of aliphatic imine (C=N–C) groups is 1. The smallest absolute Gasteiger partial charge is 0.266 e. The van der Waals surface area contributed by atoms with Crippen LogP contribution in [0, 0.1) is 10.5 Å². The first-order valence-electron chi connectivity index (χ1n) is 9.87. The van der Waals surface area contributed by atoms with Crippen molar-refractivity contribution in [2.75, 3.05) is 6.61 Å². The molecule has 2 aromatic rings. The van der Waals surface area contributed by atoms with E-state index in [0.29, 0.717) is 26.0 Å². The Kier molecular flexibility index (Phi) is 7.46. The van der Waals surface area contributed by atoms with Gasteiger partial charge in [0.2, 0.25) is 0 Å². The van der Waals surface area contributed by atoms with Crippen molar-refractivity contribution in [2.24, 2.45) is 4.99 Å². The lowest BCUT2D eigenvalue weighted by molar-refractivity contribution is -0.123. The van der Waals surface area contributed by atoms with Gasteiger partial charge in [-0.2, -0.15) is 0 Å². The van der Waals surface area contributed by atoms with Crippen molar-refractivity contribution in [3.05, 3.63) is 56.0 Å². The van der Waals surface area contributed by atoms with E-state index < -0.39 is 0 Å². The summed E-state index contributed by atoms with van der Waals surface area (Å²) in [7, 11) is 0. The van der Waals surface area contributed by atoms with E-state index in [9.17, 15) is 9.90 Å². The average molecular weight is 536 g/mol. The third-order valence-corrected chi connectivity index (χ3v) is 6.58. The molecule has 1 fully saturated rings. The van der Waals surface area contributed by atoms with Crippen molar-refractivity contribution in [1.29, 1.82) is 0 Å². The van der Waals surface area contributed by atoms with Gasteiger partial charge in [-0.25, -0.2) is 4.99 Å². The fourth-order valence-electron chi connectivity index (χ4n) is 2.96. The number of carbonyl (C=O) groups is 1. The van der Waals surface area contributed by atoms with Crippen LogP contribution < -0.4 is 4.74 Å². The number of phenols is 1. The normalized spacial score (nSPS) is 17.8. The molecule has 0 aliphatic carbocycles. The Morgan fingerprint density at radius 2 is 1.97 bits per heavy atom. The molecule has 1 amide bonds. The average Bonchev–Trinajstić information content (AvgIpc) is 3.02. The minimum atomic E-state index is -0.0544. The van der Waals surface area contributed by atoms with Crippen molar-refractivity contribution < 1.29 is 14.6 Å². The van der Waals surface area contributed by atoms with E-state index in [1.165, 1.54) is 17.3 Å². The number of benzene rings is 2. The number of halogens is 1. The Hall–Kier alpha value is -2.00. The molecule has 30 heavy (non-hydrogen) atoms. The Bertz CT molecular complexity index is 1000.